The van der Waals surface area contributed by atoms with Gasteiger partial charge in [-0.1, -0.05) is 51.1 Å². The zero-order chi connectivity index (χ0) is 11.5. The van der Waals surface area contributed by atoms with Crippen molar-refractivity contribution in [1.82, 2.24) is 0 Å². The SMILES string of the molecule is C=CCOc1ccc(C(C)(C)C)cc1Cl. The van der Waals surface area contributed by atoms with E-state index in [1.807, 2.05) is 18.2 Å². The second-order valence-corrected chi connectivity index (χ2v) is 4.90. The Labute approximate surface area is 96.7 Å². The fraction of sp³-hybridized carbons (Fsp3) is 0.385. The van der Waals surface area contributed by atoms with Crippen LogP contribution in [0.1, 0.15) is 26.3 Å². The second-order valence-electron chi connectivity index (χ2n) is 4.49. The van der Waals surface area contributed by atoms with Crippen LogP contribution in [0.4, 0.5) is 0 Å². The summed E-state index contributed by atoms with van der Waals surface area (Å²) in [4.78, 5) is 0. The number of ether oxygens (including phenoxy) is 1. The lowest BCUT2D eigenvalue weighted by Crippen LogP contribution is -2.10. The van der Waals surface area contributed by atoms with Gasteiger partial charge in [-0.3, -0.25) is 0 Å². The largest absolute Gasteiger partial charge is 0.488 e. The Hall–Kier alpha value is -0.950. The maximum atomic E-state index is 6.11. The Morgan fingerprint density at radius 3 is 2.53 bits per heavy atom. The van der Waals surface area contributed by atoms with E-state index in [1.165, 1.54) is 5.56 Å². The highest BCUT2D eigenvalue weighted by molar-refractivity contribution is 6.32. The number of hydrogen-bond acceptors (Lipinski definition) is 1. The molecule has 0 radical (unpaired) electrons. The van der Waals surface area contributed by atoms with Crippen LogP contribution in [0, 0.1) is 0 Å². The minimum absolute atomic E-state index is 0.112. The van der Waals surface area contributed by atoms with Gasteiger partial charge in [0.2, 0.25) is 0 Å². The minimum atomic E-state index is 0.112. The van der Waals surface area contributed by atoms with Gasteiger partial charge >= 0.3 is 0 Å². The molecule has 0 aliphatic rings. The molecular formula is C13H17ClO. The van der Waals surface area contributed by atoms with Gasteiger partial charge in [-0.05, 0) is 23.1 Å². The molecule has 0 heterocycles. The van der Waals surface area contributed by atoms with E-state index in [1.54, 1.807) is 6.08 Å². The van der Waals surface area contributed by atoms with Crippen molar-refractivity contribution < 1.29 is 4.74 Å². The van der Waals surface area contributed by atoms with Gasteiger partial charge in [0.1, 0.15) is 12.4 Å². The first-order chi connectivity index (χ1) is 6.95. The van der Waals surface area contributed by atoms with Gasteiger partial charge < -0.3 is 4.74 Å². The molecule has 0 saturated heterocycles. The summed E-state index contributed by atoms with van der Waals surface area (Å²) in [7, 11) is 0. The van der Waals surface area contributed by atoms with Gasteiger partial charge in [-0.2, -0.15) is 0 Å². The van der Waals surface area contributed by atoms with Crippen molar-refractivity contribution in [3.63, 3.8) is 0 Å². The first kappa shape index (κ1) is 12.1. The zero-order valence-electron chi connectivity index (χ0n) is 9.51. The standard InChI is InChI=1S/C13H17ClO/c1-5-8-15-12-7-6-10(9-11(12)14)13(2,3)4/h5-7,9H,1,8H2,2-4H3. The molecule has 2 heteroatoms. The molecule has 0 fully saturated rings. The predicted octanol–water partition coefficient (Wildman–Crippen LogP) is 4.20. The van der Waals surface area contributed by atoms with Gasteiger partial charge in [0, 0.05) is 0 Å². The van der Waals surface area contributed by atoms with E-state index in [0.717, 1.165) is 0 Å². The number of halogens is 1. The third kappa shape index (κ3) is 3.28. The van der Waals surface area contributed by atoms with Crippen LogP contribution in [0.2, 0.25) is 5.02 Å². The highest BCUT2D eigenvalue weighted by Gasteiger charge is 2.15. The van der Waals surface area contributed by atoms with Gasteiger partial charge in [0.25, 0.3) is 0 Å². The Bertz CT molecular complexity index is 350. The molecule has 1 aromatic rings. The summed E-state index contributed by atoms with van der Waals surface area (Å²) in [5.74, 6) is 0.713. The summed E-state index contributed by atoms with van der Waals surface area (Å²) in [6, 6.07) is 5.91. The van der Waals surface area contributed by atoms with Crippen molar-refractivity contribution in [2.24, 2.45) is 0 Å². The fourth-order valence-electron chi connectivity index (χ4n) is 1.23. The smallest absolute Gasteiger partial charge is 0.138 e. The summed E-state index contributed by atoms with van der Waals surface area (Å²) in [6.45, 7) is 10.5. The van der Waals surface area contributed by atoms with E-state index < -0.39 is 0 Å². The monoisotopic (exact) mass is 224 g/mol. The minimum Gasteiger partial charge on any atom is -0.488 e. The topological polar surface area (TPSA) is 9.23 Å². The van der Waals surface area contributed by atoms with Crippen molar-refractivity contribution in [3.8, 4) is 5.75 Å². The molecule has 0 aliphatic carbocycles. The molecule has 82 valence electrons. The van der Waals surface area contributed by atoms with Crippen LogP contribution in [0.3, 0.4) is 0 Å². The Kier molecular flexibility index (Phi) is 3.81. The third-order valence-electron chi connectivity index (χ3n) is 2.15. The highest BCUT2D eigenvalue weighted by atomic mass is 35.5. The summed E-state index contributed by atoms with van der Waals surface area (Å²) >= 11 is 6.11. The molecule has 0 amide bonds. The molecule has 1 nitrogen and oxygen atoms in total. The summed E-state index contributed by atoms with van der Waals surface area (Å²) < 4.78 is 5.40. The summed E-state index contributed by atoms with van der Waals surface area (Å²) in [5.41, 5.74) is 1.32. The van der Waals surface area contributed by atoms with E-state index >= 15 is 0 Å². The molecule has 0 atom stereocenters. The van der Waals surface area contributed by atoms with Crippen LogP contribution in [-0.4, -0.2) is 6.61 Å². The average molecular weight is 225 g/mol. The molecule has 0 aliphatic heterocycles. The van der Waals surface area contributed by atoms with E-state index in [9.17, 15) is 0 Å². The van der Waals surface area contributed by atoms with Crippen LogP contribution in [0.15, 0.2) is 30.9 Å². The van der Waals surface area contributed by atoms with Gasteiger partial charge in [0.05, 0.1) is 5.02 Å². The molecule has 0 saturated carbocycles. The number of benzene rings is 1. The summed E-state index contributed by atoms with van der Waals surface area (Å²) in [6.07, 6.45) is 1.70. The van der Waals surface area contributed by atoms with E-state index in [2.05, 4.69) is 27.4 Å². The molecule has 0 aromatic heterocycles. The first-order valence-corrected chi connectivity index (χ1v) is 5.36. The quantitative estimate of drug-likeness (QED) is 0.700. The van der Waals surface area contributed by atoms with Crippen LogP contribution < -0.4 is 4.74 Å². The van der Waals surface area contributed by atoms with Crippen LogP contribution >= 0.6 is 11.6 Å². The van der Waals surface area contributed by atoms with Gasteiger partial charge in [-0.15, -0.1) is 0 Å². The molecular weight excluding hydrogens is 208 g/mol. The Morgan fingerprint density at radius 1 is 1.40 bits per heavy atom. The normalized spacial score (nSPS) is 11.2. The fourth-order valence-corrected chi connectivity index (χ4v) is 1.47. The van der Waals surface area contributed by atoms with Crippen LogP contribution in [-0.2, 0) is 5.41 Å². The van der Waals surface area contributed by atoms with E-state index in [-0.39, 0.29) is 5.41 Å². The van der Waals surface area contributed by atoms with Crippen molar-refractivity contribution in [3.05, 3.63) is 41.4 Å². The van der Waals surface area contributed by atoms with Crippen molar-refractivity contribution in [2.45, 2.75) is 26.2 Å². The molecule has 0 unspecified atom stereocenters. The van der Waals surface area contributed by atoms with Gasteiger partial charge in [-0.25, -0.2) is 0 Å². The van der Waals surface area contributed by atoms with Crippen molar-refractivity contribution in [1.29, 1.82) is 0 Å². The lowest BCUT2D eigenvalue weighted by Gasteiger charge is -2.19. The molecule has 1 rings (SSSR count). The van der Waals surface area contributed by atoms with Crippen LogP contribution in [0.5, 0.6) is 5.75 Å². The number of hydrogen-bond donors (Lipinski definition) is 0. The first-order valence-electron chi connectivity index (χ1n) is 4.99. The molecule has 0 bridgehead atoms. The van der Waals surface area contributed by atoms with Crippen molar-refractivity contribution >= 4 is 11.6 Å². The highest BCUT2D eigenvalue weighted by Crippen LogP contribution is 2.31. The molecule has 15 heavy (non-hydrogen) atoms. The Morgan fingerprint density at radius 2 is 2.07 bits per heavy atom. The predicted molar refractivity (Wildman–Crippen MR) is 65.8 cm³/mol. The van der Waals surface area contributed by atoms with E-state index in [4.69, 9.17) is 16.3 Å². The summed E-state index contributed by atoms with van der Waals surface area (Å²) in [5, 5.41) is 0.657. The number of rotatable bonds is 3. The van der Waals surface area contributed by atoms with E-state index in [0.29, 0.717) is 17.4 Å². The van der Waals surface area contributed by atoms with Crippen LogP contribution in [0.25, 0.3) is 0 Å². The molecule has 0 N–H and O–H groups in total. The maximum absolute atomic E-state index is 6.11. The van der Waals surface area contributed by atoms with Crippen molar-refractivity contribution in [2.75, 3.05) is 6.61 Å². The Balaban J connectivity index is 2.93. The lowest BCUT2D eigenvalue weighted by atomic mass is 9.87. The van der Waals surface area contributed by atoms with Gasteiger partial charge in [0.15, 0.2) is 0 Å². The zero-order valence-corrected chi connectivity index (χ0v) is 10.3. The molecule has 1 aromatic carbocycles. The molecule has 0 spiro atoms. The maximum Gasteiger partial charge on any atom is 0.138 e. The lowest BCUT2D eigenvalue weighted by molar-refractivity contribution is 0.363. The second kappa shape index (κ2) is 4.71. The average Bonchev–Trinajstić information content (AvgIpc) is 2.14. The third-order valence-corrected chi connectivity index (χ3v) is 2.45.